The summed E-state index contributed by atoms with van der Waals surface area (Å²) in [7, 11) is 1.77. The Hall–Kier alpha value is -2.49. The molecule has 0 aromatic heterocycles. The standard InChI is InChI=1S/C19H21NO3/c1-4-22-17-12-15(18-13(2)23-19(21)20(18)3)10-11-16(17)14-8-6-5-7-9-14/h5-13,18H,4H2,1-3H3. The predicted molar refractivity (Wildman–Crippen MR) is 89.5 cm³/mol. The Morgan fingerprint density at radius 3 is 2.52 bits per heavy atom. The molecule has 1 aliphatic rings. The van der Waals surface area contributed by atoms with Crippen molar-refractivity contribution in [3.8, 4) is 16.9 Å². The van der Waals surface area contributed by atoms with E-state index in [0.29, 0.717) is 6.61 Å². The van der Waals surface area contributed by atoms with Crippen molar-refractivity contribution in [1.82, 2.24) is 4.90 Å². The summed E-state index contributed by atoms with van der Waals surface area (Å²) in [6, 6.07) is 16.2. The van der Waals surface area contributed by atoms with Gasteiger partial charge in [0.05, 0.1) is 12.6 Å². The van der Waals surface area contributed by atoms with Crippen LogP contribution < -0.4 is 4.74 Å². The second-order valence-electron chi connectivity index (χ2n) is 5.70. The van der Waals surface area contributed by atoms with E-state index in [0.717, 1.165) is 22.4 Å². The largest absolute Gasteiger partial charge is 0.493 e. The molecule has 1 fully saturated rings. The van der Waals surface area contributed by atoms with Gasteiger partial charge in [0.2, 0.25) is 0 Å². The second-order valence-corrected chi connectivity index (χ2v) is 5.70. The zero-order valence-corrected chi connectivity index (χ0v) is 13.7. The highest BCUT2D eigenvalue weighted by atomic mass is 16.6. The maximum atomic E-state index is 11.7. The smallest absolute Gasteiger partial charge is 0.410 e. The molecule has 3 rings (SSSR count). The molecule has 2 atom stereocenters. The zero-order valence-electron chi connectivity index (χ0n) is 13.7. The van der Waals surface area contributed by atoms with Gasteiger partial charge in [-0.2, -0.15) is 0 Å². The minimum Gasteiger partial charge on any atom is -0.493 e. The molecule has 2 aromatic carbocycles. The molecule has 0 N–H and O–H groups in total. The molecule has 1 saturated heterocycles. The first kappa shape index (κ1) is 15.4. The fourth-order valence-corrected chi connectivity index (χ4v) is 3.08. The van der Waals surface area contributed by atoms with Crippen LogP contribution in [0.5, 0.6) is 5.75 Å². The number of benzene rings is 2. The first-order valence-corrected chi connectivity index (χ1v) is 7.87. The molecule has 4 nitrogen and oxygen atoms in total. The van der Waals surface area contributed by atoms with Crippen molar-refractivity contribution < 1.29 is 14.3 Å². The van der Waals surface area contributed by atoms with Gasteiger partial charge in [0.1, 0.15) is 11.9 Å². The molecule has 120 valence electrons. The topological polar surface area (TPSA) is 38.8 Å². The van der Waals surface area contributed by atoms with Crippen LogP contribution >= 0.6 is 0 Å². The molecular formula is C19H21NO3. The molecule has 1 aliphatic heterocycles. The van der Waals surface area contributed by atoms with Gasteiger partial charge in [-0.15, -0.1) is 0 Å². The minimum absolute atomic E-state index is 0.0912. The van der Waals surface area contributed by atoms with E-state index in [1.54, 1.807) is 11.9 Å². The molecule has 2 unspecified atom stereocenters. The highest BCUT2D eigenvalue weighted by Gasteiger charge is 2.37. The monoisotopic (exact) mass is 311 g/mol. The fraction of sp³-hybridized carbons (Fsp3) is 0.316. The summed E-state index contributed by atoms with van der Waals surface area (Å²) in [6.45, 7) is 4.48. The number of rotatable bonds is 4. The molecule has 0 bridgehead atoms. The van der Waals surface area contributed by atoms with Crippen LogP contribution in [-0.2, 0) is 4.74 Å². The summed E-state index contributed by atoms with van der Waals surface area (Å²) in [6.07, 6.45) is -0.461. The van der Waals surface area contributed by atoms with Gasteiger partial charge in [-0.1, -0.05) is 42.5 Å². The maximum Gasteiger partial charge on any atom is 0.410 e. The molecule has 2 aromatic rings. The number of amides is 1. The summed E-state index contributed by atoms with van der Waals surface area (Å²) >= 11 is 0. The molecule has 4 heteroatoms. The Kier molecular flexibility index (Phi) is 4.24. The molecule has 0 spiro atoms. The number of likely N-dealkylation sites (N-methyl/N-ethyl adjacent to an activating group) is 1. The third kappa shape index (κ3) is 2.89. The van der Waals surface area contributed by atoms with Crippen molar-refractivity contribution in [1.29, 1.82) is 0 Å². The highest BCUT2D eigenvalue weighted by Crippen LogP contribution is 2.37. The van der Waals surface area contributed by atoms with Crippen LogP contribution in [-0.4, -0.2) is 30.8 Å². The molecule has 1 amide bonds. The third-order valence-electron chi connectivity index (χ3n) is 4.17. The van der Waals surface area contributed by atoms with Crippen LogP contribution in [0.3, 0.4) is 0 Å². The Labute approximate surface area is 136 Å². The van der Waals surface area contributed by atoms with Crippen molar-refractivity contribution in [3.63, 3.8) is 0 Å². The van der Waals surface area contributed by atoms with Crippen LogP contribution in [0, 0.1) is 0 Å². The summed E-state index contributed by atoms with van der Waals surface area (Å²) in [4.78, 5) is 13.4. The van der Waals surface area contributed by atoms with Crippen LogP contribution in [0.2, 0.25) is 0 Å². The van der Waals surface area contributed by atoms with Gasteiger partial charge in [0, 0.05) is 12.6 Å². The maximum absolute atomic E-state index is 11.7. The fourth-order valence-electron chi connectivity index (χ4n) is 3.08. The van der Waals surface area contributed by atoms with E-state index in [9.17, 15) is 4.79 Å². The van der Waals surface area contributed by atoms with Crippen molar-refractivity contribution in [2.45, 2.75) is 26.0 Å². The SMILES string of the molecule is CCOc1cc(C2C(C)OC(=O)N2C)ccc1-c1ccccc1. The van der Waals surface area contributed by atoms with Crippen molar-refractivity contribution in [2.75, 3.05) is 13.7 Å². The summed E-state index contributed by atoms with van der Waals surface area (Å²) in [5.41, 5.74) is 3.19. The van der Waals surface area contributed by atoms with Crippen molar-refractivity contribution in [3.05, 3.63) is 54.1 Å². The second kappa shape index (κ2) is 6.32. The van der Waals surface area contributed by atoms with E-state index < -0.39 is 0 Å². The highest BCUT2D eigenvalue weighted by molar-refractivity contribution is 5.73. The van der Waals surface area contributed by atoms with Crippen molar-refractivity contribution >= 4 is 6.09 Å². The Morgan fingerprint density at radius 1 is 1.17 bits per heavy atom. The first-order valence-electron chi connectivity index (χ1n) is 7.87. The summed E-state index contributed by atoms with van der Waals surface area (Å²) in [5, 5.41) is 0. The van der Waals surface area contributed by atoms with E-state index in [1.165, 1.54) is 0 Å². The van der Waals surface area contributed by atoms with Gasteiger partial charge < -0.3 is 14.4 Å². The van der Waals surface area contributed by atoms with Crippen LogP contribution in [0.15, 0.2) is 48.5 Å². The lowest BCUT2D eigenvalue weighted by molar-refractivity contribution is 0.138. The quantitative estimate of drug-likeness (QED) is 0.846. The van der Waals surface area contributed by atoms with Crippen molar-refractivity contribution in [2.24, 2.45) is 0 Å². The van der Waals surface area contributed by atoms with Crippen LogP contribution in [0.25, 0.3) is 11.1 Å². The van der Waals surface area contributed by atoms with Gasteiger partial charge in [-0.25, -0.2) is 4.79 Å². The van der Waals surface area contributed by atoms with Gasteiger partial charge in [0.15, 0.2) is 0 Å². The van der Waals surface area contributed by atoms with Gasteiger partial charge in [-0.3, -0.25) is 0 Å². The normalized spacial score (nSPS) is 20.5. The number of ether oxygens (including phenoxy) is 2. The summed E-state index contributed by atoms with van der Waals surface area (Å²) in [5.74, 6) is 0.830. The number of cyclic esters (lactones) is 1. The van der Waals surface area contributed by atoms with Gasteiger partial charge in [-0.05, 0) is 31.0 Å². The Bertz CT molecular complexity index is 699. The number of carbonyl (C=O) groups is 1. The van der Waals surface area contributed by atoms with E-state index in [4.69, 9.17) is 9.47 Å². The first-order chi connectivity index (χ1) is 11.1. The molecule has 0 aliphatic carbocycles. The van der Waals surface area contributed by atoms with Gasteiger partial charge >= 0.3 is 6.09 Å². The van der Waals surface area contributed by atoms with E-state index >= 15 is 0 Å². The summed E-state index contributed by atoms with van der Waals surface area (Å²) < 4.78 is 11.1. The van der Waals surface area contributed by atoms with E-state index in [-0.39, 0.29) is 18.2 Å². The lowest BCUT2D eigenvalue weighted by Crippen LogP contribution is -2.24. The van der Waals surface area contributed by atoms with E-state index in [1.807, 2.05) is 44.2 Å². The zero-order chi connectivity index (χ0) is 16.4. The Morgan fingerprint density at radius 2 is 1.91 bits per heavy atom. The minimum atomic E-state index is -0.285. The molecular weight excluding hydrogens is 290 g/mol. The Balaban J connectivity index is 2.02. The predicted octanol–water partition coefficient (Wildman–Crippen LogP) is 4.26. The average molecular weight is 311 g/mol. The van der Waals surface area contributed by atoms with E-state index in [2.05, 4.69) is 18.2 Å². The number of carbonyl (C=O) groups excluding carboxylic acids is 1. The van der Waals surface area contributed by atoms with Crippen LogP contribution in [0.4, 0.5) is 4.79 Å². The lowest BCUT2D eigenvalue weighted by atomic mass is 9.97. The number of hydrogen-bond acceptors (Lipinski definition) is 3. The molecule has 0 saturated carbocycles. The molecule has 0 radical (unpaired) electrons. The average Bonchev–Trinajstić information content (AvgIpc) is 2.81. The lowest BCUT2D eigenvalue weighted by Gasteiger charge is -2.21. The van der Waals surface area contributed by atoms with Crippen LogP contribution in [0.1, 0.15) is 25.5 Å². The molecule has 23 heavy (non-hydrogen) atoms. The van der Waals surface area contributed by atoms with Gasteiger partial charge in [0.25, 0.3) is 0 Å². The number of nitrogens with zero attached hydrogens (tertiary/aromatic N) is 1. The third-order valence-corrected chi connectivity index (χ3v) is 4.17. The number of hydrogen-bond donors (Lipinski definition) is 0. The molecule has 1 heterocycles.